The van der Waals surface area contributed by atoms with Crippen LogP contribution in [0.15, 0.2) is 60.7 Å². The summed E-state index contributed by atoms with van der Waals surface area (Å²) in [6.45, 7) is 21.2. The summed E-state index contributed by atoms with van der Waals surface area (Å²) in [5.74, 6) is -14.9. The van der Waals surface area contributed by atoms with Crippen molar-refractivity contribution in [2.75, 3.05) is 52.4 Å². The Morgan fingerprint density at radius 2 is 0.705 bits per heavy atom. The highest BCUT2D eigenvalue weighted by molar-refractivity contribution is 6.01. The fraction of sp³-hybridized carbons (Fsp3) is 0.709. The van der Waals surface area contributed by atoms with E-state index in [9.17, 15) is 102 Å². The third kappa shape index (κ3) is 50.1. The Kier molecular flexibility index (Phi) is 63.2. The number of hydrogen-bond acceptors (Lipinski definition) is 27. The molecule has 1 unspecified atom stereocenters. The molecule has 2 aliphatic heterocycles. The largest absolute Gasteiger partial charge is 0.393 e. The normalized spacial score (nSPS) is 23.7. The quantitative estimate of drug-likeness (QED) is 0.0366. The summed E-state index contributed by atoms with van der Waals surface area (Å²) >= 11 is 0. The molecule has 0 radical (unpaired) electrons. The van der Waals surface area contributed by atoms with Gasteiger partial charge in [0.15, 0.2) is 11.6 Å². The predicted molar refractivity (Wildman–Crippen MR) is 554 cm³/mol. The number of aliphatic hydroxyl groups is 3. The van der Waals surface area contributed by atoms with Gasteiger partial charge in [-0.1, -0.05) is 188 Å². The van der Waals surface area contributed by atoms with Gasteiger partial charge in [-0.15, -0.1) is 0 Å². The number of ketones is 2. The van der Waals surface area contributed by atoms with Crippen molar-refractivity contribution in [1.29, 1.82) is 0 Å². The summed E-state index contributed by atoms with van der Waals surface area (Å²) in [7, 11) is 0. The van der Waals surface area contributed by atoms with Crippen LogP contribution in [0.1, 0.15) is 274 Å². The summed E-state index contributed by atoms with van der Waals surface area (Å²) in [5.41, 5.74) is 36.8. The van der Waals surface area contributed by atoms with Gasteiger partial charge in [0.05, 0.1) is 43.2 Å². The minimum Gasteiger partial charge on any atom is -0.393 e. The Bertz CT molecular complexity index is 4370. The van der Waals surface area contributed by atoms with Crippen LogP contribution in [0.4, 0.5) is 0 Å². The molecule has 146 heavy (non-hydrogen) atoms. The number of nitrogens with one attached hydrogen (secondary N) is 16. The van der Waals surface area contributed by atoms with Crippen LogP contribution in [0.25, 0.3) is 0 Å². The second kappa shape index (κ2) is 71.5. The minimum absolute atomic E-state index is 0.000121. The molecule has 2 saturated heterocycles. The van der Waals surface area contributed by atoms with E-state index in [4.69, 9.17) is 34.4 Å². The average molecular weight is 2060 g/mol. The van der Waals surface area contributed by atoms with Crippen LogP contribution in [-0.2, 0) is 99.1 Å². The molecule has 20 atom stereocenters. The highest BCUT2D eigenvalue weighted by Gasteiger charge is 2.41. The minimum atomic E-state index is -1.57. The van der Waals surface area contributed by atoms with Gasteiger partial charge in [0.25, 0.3) is 0 Å². The second-order valence-corrected chi connectivity index (χ2v) is 39.9. The van der Waals surface area contributed by atoms with Gasteiger partial charge >= 0.3 is 0 Å². The fourth-order valence-corrected chi connectivity index (χ4v) is 17.0. The van der Waals surface area contributed by atoms with Gasteiger partial charge in [0, 0.05) is 37.8 Å². The molecule has 4 rings (SSSR count). The highest BCUT2D eigenvalue weighted by atomic mass is 16.3. The van der Waals surface area contributed by atoms with E-state index in [1.54, 1.807) is 67.6 Å². The van der Waals surface area contributed by atoms with Crippen molar-refractivity contribution in [3.05, 3.63) is 71.8 Å². The molecule has 31 N–H and O–H groups in total. The third-order valence-electron chi connectivity index (χ3n) is 25.4. The van der Waals surface area contributed by atoms with Crippen molar-refractivity contribution in [2.24, 2.45) is 69.9 Å². The Balaban J connectivity index is 0.000000750. The number of Topliss-reactive ketones (excluding diaryl/α,β-unsaturated/α-hetero) is 2. The van der Waals surface area contributed by atoms with Gasteiger partial charge in [-0.3, -0.25) is 86.3 Å². The standard InChI is InChI=1S/C52H89N11O10.C51H87N11O11/c1-8-13-37-48(69)63-43(27-32(5)6)47(68)56-25-21-41(61-49(70)38(18-22-53)57-45(66)30-36(64)17-16-33(7)9-2)52(73)60-40(20-24-55)51(72)62-42(26-31(3)4)44(65)29-35(28-34-14-11-10-12-15-34)46(67)58-39(19-23-54)50(71)59-37;1-6-8-9-10-14-18-35(64)30-43(66)56-37(19-23-52)46(68)60-40-22-26-55-51(73)44(32(5)63)62-50(72)36(15-7-2)58-47(69)38(20-24-53)57-45(67)34(27-31(3)4)29-42(65)41(28-33-16-12-11-13-17-33)61-48(70)39(21-25-54)59-49(40)71/h10-12,14-15,31-33,35-43,64H,8-9,13,16-30,53-55H2,1-7H3,(H,56,68)(H,57,66)(H,58,67)(H,59,71)(H,60,73)(H,61,70)(H,62,72)(H,63,69);11-13,16-17,31-32,34-41,44,63-64H,6-10,14-15,18-30,52-54H2,1-5H3,(H,55,73)(H,56,66)(H,57,67)(H,58,69)(H,59,71)(H,60,68)(H,61,70)(H,62,72)/t33?,35-,36+,37-,38+,39-,40-,41-,42-,43-;32-,34-,35-,36+,37-,38+,39+,40+,41-,44+/m01/s1. The molecule has 43 nitrogen and oxygen atoms in total. The lowest BCUT2D eigenvalue weighted by atomic mass is 9.88. The van der Waals surface area contributed by atoms with Crippen LogP contribution in [0.5, 0.6) is 0 Å². The fourth-order valence-electron chi connectivity index (χ4n) is 17.0. The number of benzene rings is 2. The third-order valence-corrected chi connectivity index (χ3v) is 25.4. The van der Waals surface area contributed by atoms with Crippen LogP contribution in [0, 0.1) is 35.5 Å². The predicted octanol–water partition coefficient (Wildman–Crippen LogP) is -0.663. The molecule has 0 aromatic heterocycles. The van der Waals surface area contributed by atoms with Crippen LogP contribution in [-0.4, -0.2) is 277 Å². The van der Waals surface area contributed by atoms with Crippen molar-refractivity contribution in [1.82, 2.24) is 85.1 Å². The lowest BCUT2D eigenvalue weighted by Gasteiger charge is -2.28. The Morgan fingerprint density at radius 1 is 0.349 bits per heavy atom. The molecule has 2 aliphatic rings. The van der Waals surface area contributed by atoms with E-state index in [0.29, 0.717) is 43.6 Å². The molecular formula is C103H176N22O21. The lowest BCUT2D eigenvalue weighted by Crippen LogP contribution is -2.60. The highest BCUT2D eigenvalue weighted by Crippen LogP contribution is 2.24. The average Bonchev–Trinajstić information content (AvgIpc) is 1.30. The molecule has 2 aromatic rings. The SMILES string of the molecule is CCCCCCC[C@@H](O)CC(=O)N[C@H](CCN)C(=O)N[C@H]1CCNC(=O)[C@H]([C@@H](C)O)NC(=O)[C@H](CCC)NC(=O)[C@H](CCN)NC(=O)[C@H](CC(C)C)CC(=O)[C@@H](Cc2ccccc2)NC(=O)[C@H](CCN)NC1=O.CCC[C@@H]1NC(=O)[C@H](CCN)NC(=O)[C@@H](Cc2ccccc2)CC(=O)[C@H](CC(C)C)NC(=O)[C@H](CCN)NC(=O)[C@@H](NC(=O)[C@@H](CCN)NC(=O)C[C@H](O)CCC(C)CC)CCNC(=O)[C@H](CC(C)C)NC1=O. The maximum Gasteiger partial charge on any atom is 0.245 e. The van der Waals surface area contributed by atoms with Gasteiger partial charge in [-0.2, -0.15) is 0 Å². The van der Waals surface area contributed by atoms with E-state index in [2.05, 4.69) is 92.0 Å². The molecule has 0 spiro atoms. The molecule has 2 heterocycles. The number of carbonyl (C=O) groups excluding carboxylic acids is 18. The van der Waals surface area contributed by atoms with E-state index >= 15 is 0 Å². The van der Waals surface area contributed by atoms with Gasteiger partial charge in [0.1, 0.15) is 72.5 Å². The zero-order chi connectivity index (χ0) is 109. The van der Waals surface area contributed by atoms with Crippen molar-refractivity contribution >= 4 is 106 Å². The second-order valence-electron chi connectivity index (χ2n) is 39.9. The van der Waals surface area contributed by atoms with E-state index in [0.717, 1.165) is 44.1 Å². The molecule has 0 aliphatic carbocycles. The number of amides is 16. The van der Waals surface area contributed by atoms with Gasteiger partial charge < -0.3 is 135 Å². The first-order valence-corrected chi connectivity index (χ1v) is 52.6. The first-order valence-electron chi connectivity index (χ1n) is 52.6. The maximum atomic E-state index is 14.4. The van der Waals surface area contributed by atoms with Gasteiger partial charge in [0.2, 0.25) is 94.5 Å². The Hall–Kier alpha value is -11.1. The zero-order valence-electron chi connectivity index (χ0n) is 88.1. The van der Waals surface area contributed by atoms with Crippen LogP contribution >= 0.6 is 0 Å². The molecule has 0 saturated carbocycles. The summed E-state index contributed by atoms with van der Waals surface area (Å²) in [5, 5.41) is 74.7. The number of rotatable bonds is 47. The monoisotopic (exact) mass is 2060 g/mol. The number of hydrogen-bond donors (Lipinski definition) is 25. The van der Waals surface area contributed by atoms with Crippen LogP contribution in [0.2, 0.25) is 0 Å². The lowest BCUT2D eigenvalue weighted by molar-refractivity contribution is -0.136. The first kappa shape index (κ1) is 129. The van der Waals surface area contributed by atoms with Gasteiger partial charge in [-0.25, -0.2) is 0 Å². The number of aliphatic hydroxyl groups excluding tert-OH is 3. The Morgan fingerprint density at radius 3 is 1.12 bits per heavy atom. The summed E-state index contributed by atoms with van der Waals surface area (Å²) < 4.78 is 0. The van der Waals surface area contributed by atoms with E-state index in [1.165, 1.54) is 6.92 Å². The van der Waals surface area contributed by atoms with Crippen LogP contribution < -0.4 is 119 Å². The molecule has 43 heteroatoms. The molecule has 0 bridgehead atoms. The number of nitrogens with two attached hydrogens (primary N) is 6. The van der Waals surface area contributed by atoms with Crippen molar-refractivity contribution in [3.8, 4) is 0 Å². The van der Waals surface area contributed by atoms with Crippen molar-refractivity contribution in [2.45, 2.75) is 379 Å². The smallest absolute Gasteiger partial charge is 0.245 e. The summed E-state index contributed by atoms with van der Waals surface area (Å²) in [6.07, 6.45) is 3.32. The van der Waals surface area contributed by atoms with Crippen molar-refractivity contribution in [3.63, 3.8) is 0 Å². The van der Waals surface area contributed by atoms with E-state index in [1.807, 2.05) is 62.3 Å². The first-order chi connectivity index (χ1) is 69.4. The molecule has 824 valence electrons. The maximum absolute atomic E-state index is 14.4. The molecule has 2 aromatic carbocycles. The van der Waals surface area contributed by atoms with Crippen LogP contribution in [0.3, 0.4) is 0 Å². The summed E-state index contributed by atoms with van der Waals surface area (Å²) in [6, 6.07) is -0.157. The topological polar surface area (TPSA) is 717 Å². The summed E-state index contributed by atoms with van der Waals surface area (Å²) in [4.78, 5) is 252. The Labute approximate surface area is 861 Å². The number of carbonyl (C=O) groups is 18. The van der Waals surface area contributed by atoms with E-state index < -0.39 is 221 Å². The van der Waals surface area contributed by atoms with E-state index in [-0.39, 0.29) is 192 Å². The van der Waals surface area contributed by atoms with Crippen molar-refractivity contribution < 1.29 is 102 Å². The molecule has 16 amide bonds. The van der Waals surface area contributed by atoms with Gasteiger partial charge in [-0.05, 0) is 197 Å². The molecule has 2 fully saturated rings. The molecular weight excluding hydrogens is 1880 g/mol. The zero-order valence-corrected chi connectivity index (χ0v) is 88.1. The number of unbranched alkanes of at least 4 members (excludes halogenated alkanes) is 4.